The predicted molar refractivity (Wildman–Crippen MR) is 48.1 cm³/mol. The summed E-state index contributed by atoms with van der Waals surface area (Å²) >= 11 is 0. The minimum absolute atomic E-state index is 0.147. The second kappa shape index (κ2) is 6.42. The van der Waals surface area contributed by atoms with Crippen LogP contribution in [-0.4, -0.2) is 29.6 Å². The molecule has 1 atom stereocenters. The van der Waals surface area contributed by atoms with Crippen LogP contribution in [0.3, 0.4) is 0 Å². The zero-order valence-electron chi connectivity index (χ0n) is 7.75. The van der Waals surface area contributed by atoms with Crippen molar-refractivity contribution in [3.63, 3.8) is 0 Å². The Kier molecular flexibility index (Phi) is 5.88. The summed E-state index contributed by atoms with van der Waals surface area (Å²) < 4.78 is 0. The second-order valence-corrected chi connectivity index (χ2v) is 2.93. The molecule has 0 radical (unpaired) electrons. The van der Waals surface area contributed by atoms with Gasteiger partial charge >= 0.3 is 5.97 Å². The maximum absolute atomic E-state index is 10.9. The summed E-state index contributed by atoms with van der Waals surface area (Å²) in [6, 6.07) is -0.500. The van der Waals surface area contributed by atoms with Gasteiger partial charge in [0.15, 0.2) is 0 Å². The first-order valence-corrected chi connectivity index (χ1v) is 4.29. The number of rotatable bonds is 6. The fourth-order valence-corrected chi connectivity index (χ4v) is 0.774. The van der Waals surface area contributed by atoms with Crippen molar-refractivity contribution < 1.29 is 14.7 Å². The highest BCUT2D eigenvalue weighted by molar-refractivity contribution is 5.80. The summed E-state index contributed by atoms with van der Waals surface area (Å²) in [5.41, 5.74) is 5.29. The average Bonchev–Trinajstić information content (AvgIpc) is 2.02. The van der Waals surface area contributed by atoms with E-state index in [4.69, 9.17) is 10.8 Å². The molecular weight excluding hydrogens is 172 g/mol. The summed E-state index contributed by atoms with van der Waals surface area (Å²) in [5, 5.41) is 10.9. The number of nitrogens with two attached hydrogens (primary N) is 1. The zero-order valence-corrected chi connectivity index (χ0v) is 7.75. The van der Waals surface area contributed by atoms with E-state index >= 15 is 0 Å². The molecule has 5 heteroatoms. The molecule has 76 valence electrons. The molecule has 0 saturated carbocycles. The molecule has 0 aliphatic rings. The zero-order chi connectivity index (χ0) is 10.3. The Bertz CT molecular complexity index is 180. The van der Waals surface area contributed by atoms with Crippen LogP contribution in [0.2, 0.25) is 0 Å². The maximum Gasteiger partial charge on any atom is 0.303 e. The number of carboxylic acids is 1. The molecule has 0 bridgehead atoms. The van der Waals surface area contributed by atoms with Gasteiger partial charge in [0.05, 0.1) is 6.04 Å². The molecule has 4 N–H and O–H groups in total. The SMILES string of the molecule is C[C@@H](N)C(=O)NCCCCC(=O)O. The summed E-state index contributed by atoms with van der Waals surface area (Å²) in [6.45, 7) is 2.10. The van der Waals surface area contributed by atoms with Gasteiger partial charge in [0.25, 0.3) is 0 Å². The first-order valence-electron chi connectivity index (χ1n) is 4.29. The van der Waals surface area contributed by atoms with Crippen molar-refractivity contribution in [3.8, 4) is 0 Å². The van der Waals surface area contributed by atoms with Gasteiger partial charge in [-0.05, 0) is 19.8 Å². The fraction of sp³-hybridized carbons (Fsp3) is 0.750. The van der Waals surface area contributed by atoms with Crippen LogP contribution in [0.5, 0.6) is 0 Å². The number of unbranched alkanes of at least 4 members (excludes halogenated alkanes) is 1. The molecule has 5 nitrogen and oxygen atoms in total. The lowest BCUT2D eigenvalue weighted by Crippen LogP contribution is -2.38. The smallest absolute Gasteiger partial charge is 0.303 e. The molecule has 0 saturated heterocycles. The third kappa shape index (κ3) is 7.27. The van der Waals surface area contributed by atoms with Crippen molar-refractivity contribution in [2.75, 3.05) is 6.54 Å². The van der Waals surface area contributed by atoms with Gasteiger partial charge in [0.1, 0.15) is 0 Å². The van der Waals surface area contributed by atoms with Gasteiger partial charge in [0, 0.05) is 13.0 Å². The number of carbonyl (C=O) groups is 2. The Labute approximate surface area is 77.3 Å². The largest absolute Gasteiger partial charge is 0.481 e. The number of hydrogen-bond acceptors (Lipinski definition) is 3. The Morgan fingerprint density at radius 2 is 2.08 bits per heavy atom. The summed E-state index contributed by atoms with van der Waals surface area (Å²) in [5.74, 6) is -1.01. The Morgan fingerprint density at radius 1 is 1.46 bits per heavy atom. The summed E-state index contributed by atoms with van der Waals surface area (Å²) in [6.07, 6.45) is 1.40. The molecule has 0 spiro atoms. The number of aliphatic carboxylic acids is 1. The van der Waals surface area contributed by atoms with Crippen LogP contribution >= 0.6 is 0 Å². The number of carboxylic acid groups (broad SMARTS) is 1. The quantitative estimate of drug-likeness (QED) is 0.499. The average molecular weight is 188 g/mol. The third-order valence-corrected chi connectivity index (χ3v) is 1.53. The van der Waals surface area contributed by atoms with Crippen LogP contribution in [0.15, 0.2) is 0 Å². The van der Waals surface area contributed by atoms with E-state index < -0.39 is 12.0 Å². The molecule has 0 rings (SSSR count). The fourth-order valence-electron chi connectivity index (χ4n) is 0.774. The van der Waals surface area contributed by atoms with Gasteiger partial charge in [-0.2, -0.15) is 0 Å². The van der Waals surface area contributed by atoms with Crippen LogP contribution in [0.25, 0.3) is 0 Å². The topological polar surface area (TPSA) is 92.4 Å². The third-order valence-electron chi connectivity index (χ3n) is 1.53. The number of hydrogen-bond donors (Lipinski definition) is 3. The van der Waals surface area contributed by atoms with Crippen LogP contribution < -0.4 is 11.1 Å². The molecule has 0 aromatic rings. The number of carbonyl (C=O) groups excluding carboxylic acids is 1. The van der Waals surface area contributed by atoms with E-state index in [1.165, 1.54) is 0 Å². The van der Waals surface area contributed by atoms with Crippen molar-refractivity contribution in [3.05, 3.63) is 0 Å². The van der Waals surface area contributed by atoms with Crippen molar-refractivity contribution >= 4 is 11.9 Å². The molecule has 0 heterocycles. The first-order chi connectivity index (χ1) is 6.04. The highest BCUT2D eigenvalue weighted by atomic mass is 16.4. The van der Waals surface area contributed by atoms with Gasteiger partial charge in [-0.1, -0.05) is 0 Å². The van der Waals surface area contributed by atoms with Crippen molar-refractivity contribution in [2.45, 2.75) is 32.2 Å². The number of nitrogens with one attached hydrogen (secondary N) is 1. The lowest BCUT2D eigenvalue weighted by molar-refractivity contribution is -0.137. The van der Waals surface area contributed by atoms with Crippen molar-refractivity contribution in [1.82, 2.24) is 5.32 Å². The van der Waals surface area contributed by atoms with E-state index in [0.29, 0.717) is 19.4 Å². The molecule has 0 aromatic carbocycles. The van der Waals surface area contributed by atoms with Gasteiger partial charge in [0.2, 0.25) is 5.91 Å². The molecule has 0 aliphatic carbocycles. The van der Waals surface area contributed by atoms with Gasteiger partial charge in [-0.3, -0.25) is 9.59 Å². The van der Waals surface area contributed by atoms with Crippen LogP contribution in [-0.2, 0) is 9.59 Å². The van der Waals surface area contributed by atoms with Gasteiger partial charge in [-0.15, -0.1) is 0 Å². The molecule has 0 aliphatic heterocycles. The van der Waals surface area contributed by atoms with E-state index in [-0.39, 0.29) is 12.3 Å². The Morgan fingerprint density at radius 3 is 2.54 bits per heavy atom. The summed E-state index contributed by atoms with van der Waals surface area (Å²) in [4.78, 5) is 21.0. The molecular formula is C8H16N2O3. The monoisotopic (exact) mass is 188 g/mol. The Hall–Kier alpha value is -1.10. The molecule has 13 heavy (non-hydrogen) atoms. The standard InChI is InChI=1S/C8H16N2O3/c1-6(9)8(13)10-5-3-2-4-7(11)12/h6H,2-5,9H2,1H3,(H,10,13)(H,11,12)/t6-/m1/s1. The lowest BCUT2D eigenvalue weighted by Gasteiger charge is -2.06. The normalized spacial score (nSPS) is 12.2. The number of amides is 1. The van der Waals surface area contributed by atoms with Gasteiger partial charge < -0.3 is 16.2 Å². The molecule has 0 unspecified atom stereocenters. The van der Waals surface area contributed by atoms with Crippen LogP contribution in [0.4, 0.5) is 0 Å². The Balaban J connectivity index is 3.26. The predicted octanol–water partition coefficient (Wildman–Crippen LogP) is -0.295. The highest BCUT2D eigenvalue weighted by Gasteiger charge is 2.05. The van der Waals surface area contributed by atoms with E-state index in [1.54, 1.807) is 6.92 Å². The molecule has 0 fully saturated rings. The van der Waals surface area contributed by atoms with Crippen LogP contribution in [0, 0.1) is 0 Å². The minimum atomic E-state index is -0.807. The minimum Gasteiger partial charge on any atom is -0.481 e. The lowest BCUT2D eigenvalue weighted by atomic mass is 10.2. The second-order valence-electron chi connectivity index (χ2n) is 2.93. The van der Waals surface area contributed by atoms with Gasteiger partial charge in [-0.25, -0.2) is 0 Å². The summed E-state index contributed by atoms with van der Waals surface area (Å²) in [7, 11) is 0. The molecule has 1 amide bonds. The van der Waals surface area contributed by atoms with Crippen molar-refractivity contribution in [2.24, 2.45) is 5.73 Å². The molecule has 0 aromatic heterocycles. The van der Waals surface area contributed by atoms with Crippen LogP contribution in [0.1, 0.15) is 26.2 Å². The van der Waals surface area contributed by atoms with E-state index in [1.807, 2.05) is 0 Å². The maximum atomic E-state index is 10.9. The van der Waals surface area contributed by atoms with E-state index in [0.717, 1.165) is 0 Å². The van der Waals surface area contributed by atoms with Crippen molar-refractivity contribution in [1.29, 1.82) is 0 Å². The van der Waals surface area contributed by atoms with E-state index in [2.05, 4.69) is 5.32 Å². The highest BCUT2D eigenvalue weighted by Crippen LogP contribution is 1.93. The first kappa shape index (κ1) is 11.9. The van der Waals surface area contributed by atoms with E-state index in [9.17, 15) is 9.59 Å².